The standard InChI is InChI=1S/C15H25N3/c1-13(2)15(7-9-16-11-15)12-18(3)10-14-6-4-5-8-17-14/h4-6,8,13,16H,7,9-12H2,1-3H3. The molecule has 1 aromatic rings. The molecule has 18 heavy (non-hydrogen) atoms. The second kappa shape index (κ2) is 5.81. The van der Waals surface area contributed by atoms with E-state index in [1.807, 2.05) is 12.3 Å². The lowest BCUT2D eigenvalue weighted by Crippen LogP contribution is -2.41. The first kappa shape index (κ1) is 13.5. The van der Waals surface area contributed by atoms with Crippen LogP contribution in [0, 0.1) is 11.3 Å². The molecule has 1 unspecified atom stereocenters. The summed E-state index contributed by atoms with van der Waals surface area (Å²) in [7, 11) is 2.21. The van der Waals surface area contributed by atoms with Crippen molar-refractivity contribution >= 4 is 0 Å². The highest BCUT2D eigenvalue weighted by atomic mass is 15.1. The minimum Gasteiger partial charge on any atom is -0.316 e. The van der Waals surface area contributed by atoms with Gasteiger partial charge in [-0.15, -0.1) is 0 Å². The molecule has 0 aliphatic carbocycles. The average Bonchev–Trinajstić information content (AvgIpc) is 2.80. The number of aromatic nitrogens is 1. The molecule has 2 heterocycles. The van der Waals surface area contributed by atoms with Crippen molar-refractivity contribution in [3.05, 3.63) is 30.1 Å². The Labute approximate surface area is 111 Å². The molecule has 0 bridgehead atoms. The third-order valence-electron chi connectivity index (χ3n) is 4.24. The van der Waals surface area contributed by atoms with Crippen LogP contribution in [0.4, 0.5) is 0 Å². The van der Waals surface area contributed by atoms with Gasteiger partial charge >= 0.3 is 0 Å². The van der Waals surface area contributed by atoms with Crippen LogP contribution in [0.3, 0.4) is 0 Å². The van der Waals surface area contributed by atoms with Crippen molar-refractivity contribution in [2.45, 2.75) is 26.8 Å². The molecule has 3 heteroatoms. The Morgan fingerprint density at radius 3 is 2.83 bits per heavy atom. The number of nitrogens with zero attached hydrogens (tertiary/aromatic N) is 2. The first-order chi connectivity index (χ1) is 8.62. The smallest absolute Gasteiger partial charge is 0.0543 e. The summed E-state index contributed by atoms with van der Waals surface area (Å²) in [5.74, 6) is 0.721. The molecule has 3 nitrogen and oxygen atoms in total. The van der Waals surface area contributed by atoms with E-state index in [0.29, 0.717) is 5.41 Å². The van der Waals surface area contributed by atoms with Crippen molar-refractivity contribution in [1.82, 2.24) is 15.2 Å². The second-order valence-electron chi connectivity index (χ2n) is 5.94. The van der Waals surface area contributed by atoms with Crippen molar-refractivity contribution in [3.8, 4) is 0 Å². The minimum absolute atomic E-state index is 0.434. The summed E-state index contributed by atoms with van der Waals surface area (Å²) in [4.78, 5) is 6.82. The van der Waals surface area contributed by atoms with Gasteiger partial charge < -0.3 is 5.32 Å². The number of nitrogens with one attached hydrogen (secondary N) is 1. The average molecular weight is 247 g/mol. The van der Waals surface area contributed by atoms with Gasteiger partial charge in [0.1, 0.15) is 0 Å². The van der Waals surface area contributed by atoms with Gasteiger partial charge in [0, 0.05) is 25.8 Å². The van der Waals surface area contributed by atoms with Crippen molar-refractivity contribution in [3.63, 3.8) is 0 Å². The van der Waals surface area contributed by atoms with Crippen LogP contribution >= 0.6 is 0 Å². The van der Waals surface area contributed by atoms with Crippen LogP contribution in [0.25, 0.3) is 0 Å². The Balaban J connectivity index is 1.95. The fraction of sp³-hybridized carbons (Fsp3) is 0.667. The Kier molecular flexibility index (Phi) is 4.36. The van der Waals surface area contributed by atoms with Crippen molar-refractivity contribution in [1.29, 1.82) is 0 Å². The monoisotopic (exact) mass is 247 g/mol. The first-order valence-electron chi connectivity index (χ1n) is 6.91. The van der Waals surface area contributed by atoms with Crippen LogP contribution in [-0.2, 0) is 6.54 Å². The molecule has 0 radical (unpaired) electrons. The number of pyridine rings is 1. The molecule has 0 amide bonds. The van der Waals surface area contributed by atoms with E-state index in [9.17, 15) is 0 Å². The third kappa shape index (κ3) is 3.09. The fourth-order valence-corrected chi connectivity index (χ4v) is 2.94. The maximum Gasteiger partial charge on any atom is 0.0543 e. The van der Waals surface area contributed by atoms with Gasteiger partial charge in [0.25, 0.3) is 0 Å². The van der Waals surface area contributed by atoms with Gasteiger partial charge in [-0.05, 0) is 43.5 Å². The lowest BCUT2D eigenvalue weighted by atomic mass is 9.76. The predicted octanol–water partition coefficient (Wildman–Crippen LogP) is 2.15. The zero-order valence-corrected chi connectivity index (χ0v) is 11.8. The molecule has 2 rings (SSSR count). The predicted molar refractivity (Wildman–Crippen MR) is 75.3 cm³/mol. The highest BCUT2D eigenvalue weighted by Gasteiger charge is 2.37. The Bertz CT molecular complexity index is 355. The Morgan fingerprint density at radius 2 is 2.28 bits per heavy atom. The summed E-state index contributed by atoms with van der Waals surface area (Å²) in [6.07, 6.45) is 3.16. The van der Waals surface area contributed by atoms with Crippen LogP contribution in [-0.4, -0.2) is 36.6 Å². The van der Waals surface area contributed by atoms with Gasteiger partial charge in [-0.3, -0.25) is 9.88 Å². The van der Waals surface area contributed by atoms with Crippen LogP contribution in [0.2, 0.25) is 0 Å². The van der Waals surface area contributed by atoms with Gasteiger partial charge in [-0.25, -0.2) is 0 Å². The van der Waals surface area contributed by atoms with E-state index in [2.05, 4.69) is 48.2 Å². The molecule has 0 spiro atoms. The van der Waals surface area contributed by atoms with Gasteiger partial charge in [0.2, 0.25) is 0 Å². The summed E-state index contributed by atoms with van der Waals surface area (Å²) in [6.45, 7) is 9.10. The van der Waals surface area contributed by atoms with Crippen molar-refractivity contribution in [2.75, 3.05) is 26.7 Å². The summed E-state index contributed by atoms with van der Waals surface area (Å²) >= 11 is 0. The number of hydrogen-bond donors (Lipinski definition) is 1. The third-order valence-corrected chi connectivity index (χ3v) is 4.24. The number of rotatable bonds is 5. The zero-order valence-electron chi connectivity index (χ0n) is 11.8. The quantitative estimate of drug-likeness (QED) is 0.864. The SMILES string of the molecule is CC(C)C1(CN(C)Cc2ccccn2)CCNC1. The molecule has 100 valence electrons. The molecule has 1 fully saturated rings. The summed E-state index contributed by atoms with van der Waals surface area (Å²) in [6, 6.07) is 6.14. The van der Waals surface area contributed by atoms with Crippen LogP contribution in [0.15, 0.2) is 24.4 Å². The van der Waals surface area contributed by atoms with E-state index in [4.69, 9.17) is 0 Å². The summed E-state index contributed by atoms with van der Waals surface area (Å²) in [5.41, 5.74) is 1.59. The molecule has 1 aromatic heterocycles. The van der Waals surface area contributed by atoms with Gasteiger partial charge in [0.05, 0.1) is 5.69 Å². The Morgan fingerprint density at radius 1 is 1.44 bits per heavy atom. The van der Waals surface area contributed by atoms with Crippen LogP contribution in [0.5, 0.6) is 0 Å². The zero-order chi connectivity index (χ0) is 13.0. The van der Waals surface area contributed by atoms with Crippen LogP contribution < -0.4 is 5.32 Å². The molecular formula is C15H25N3. The topological polar surface area (TPSA) is 28.2 Å². The fourth-order valence-electron chi connectivity index (χ4n) is 2.94. The highest BCUT2D eigenvalue weighted by Crippen LogP contribution is 2.34. The van der Waals surface area contributed by atoms with Crippen molar-refractivity contribution in [2.24, 2.45) is 11.3 Å². The molecule has 1 atom stereocenters. The van der Waals surface area contributed by atoms with E-state index in [-0.39, 0.29) is 0 Å². The first-order valence-corrected chi connectivity index (χ1v) is 6.91. The number of hydrogen-bond acceptors (Lipinski definition) is 3. The highest BCUT2D eigenvalue weighted by molar-refractivity contribution is 5.03. The van der Waals surface area contributed by atoms with Gasteiger partial charge in [-0.1, -0.05) is 19.9 Å². The normalized spacial score (nSPS) is 24.1. The van der Waals surface area contributed by atoms with E-state index in [1.165, 1.54) is 6.42 Å². The maximum atomic E-state index is 4.40. The molecule has 1 aliphatic heterocycles. The second-order valence-corrected chi connectivity index (χ2v) is 5.94. The maximum absolute atomic E-state index is 4.40. The minimum atomic E-state index is 0.434. The lowest BCUT2D eigenvalue weighted by Gasteiger charge is -2.36. The van der Waals surface area contributed by atoms with E-state index in [1.54, 1.807) is 0 Å². The molecule has 1 saturated heterocycles. The molecule has 0 saturated carbocycles. The van der Waals surface area contributed by atoms with Gasteiger partial charge in [-0.2, -0.15) is 0 Å². The van der Waals surface area contributed by atoms with E-state index < -0.39 is 0 Å². The summed E-state index contributed by atoms with van der Waals surface area (Å²) in [5, 5.41) is 3.52. The molecule has 0 aromatic carbocycles. The van der Waals surface area contributed by atoms with E-state index >= 15 is 0 Å². The van der Waals surface area contributed by atoms with Crippen LogP contribution in [0.1, 0.15) is 26.0 Å². The molecule has 1 aliphatic rings. The molecule has 1 N–H and O–H groups in total. The van der Waals surface area contributed by atoms with Gasteiger partial charge in [0.15, 0.2) is 0 Å². The Hall–Kier alpha value is -0.930. The lowest BCUT2D eigenvalue weighted by molar-refractivity contribution is 0.131. The van der Waals surface area contributed by atoms with E-state index in [0.717, 1.165) is 37.8 Å². The van der Waals surface area contributed by atoms with Crippen molar-refractivity contribution < 1.29 is 0 Å². The summed E-state index contributed by atoms with van der Waals surface area (Å²) < 4.78 is 0. The largest absolute Gasteiger partial charge is 0.316 e. The molecular weight excluding hydrogens is 222 g/mol.